The Morgan fingerprint density at radius 3 is 2.67 bits per heavy atom. The molecule has 0 amide bonds. The Balaban J connectivity index is 2.11. The van der Waals surface area contributed by atoms with Gasteiger partial charge in [0.2, 0.25) is 0 Å². The molecule has 12 heavy (non-hydrogen) atoms. The van der Waals surface area contributed by atoms with E-state index in [0.29, 0.717) is 17.6 Å². The van der Waals surface area contributed by atoms with E-state index in [1.165, 1.54) is 12.8 Å². The quantitative estimate of drug-likeness (QED) is 0.573. The first kappa shape index (κ1) is 8.03. The molecule has 0 heterocycles. The van der Waals surface area contributed by atoms with Crippen LogP contribution in [0.2, 0.25) is 0 Å². The van der Waals surface area contributed by atoms with E-state index in [4.69, 9.17) is 0 Å². The van der Waals surface area contributed by atoms with Gasteiger partial charge in [0, 0.05) is 12.3 Å². The maximum Gasteiger partial charge on any atom is 0.136 e. The van der Waals surface area contributed by atoms with Gasteiger partial charge in [0.15, 0.2) is 0 Å². The molecule has 0 saturated heterocycles. The average Bonchev–Trinajstić information content (AvgIpc) is 2.18. The fourth-order valence-corrected chi connectivity index (χ4v) is 2.56. The Morgan fingerprint density at radius 1 is 1.42 bits per heavy atom. The number of Topliss-reactive ketones (excluding diaryl/α,β-unsaturated/α-hetero) is 1. The largest absolute Gasteiger partial charge is 0.299 e. The molecular formula is C11H16O. The highest BCUT2D eigenvalue weighted by Gasteiger charge is 2.34. The second-order valence-electron chi connectivity index (χ2n) is 4.05. The van der Waals surface area contributed by atoms with Gasteiger partial charge in [-0.1, -0.05) is 19.1 Å². The Morgan fingerprint density at radius 2 is 2.25 bits per heavy atom. The van der Waals surface area contributed by atoms with Crippen molar-refractivity contribution in [2.45, 2.75) is 32.6 Å². The normalized spacial score (nSPS) is 38.6. The fraction of sp³-hybridized carbons (Fsp3) is 0.727. The molecule has 3 aliphatic rings. The first-order valence-electron chi connectivity index (χ1n) is 5.02. The number of allylic oxidation sites excluding steroid dienone is 2. The van der Waals surface area contributed by atoms with Crippen molar-refractivity contribution in [1.29, 1.82) is 0 Å². The summed E-state index contributed by atoms with van der Waals surface area (Å²) < 4.78 is 0. The van der Waals surface area contributed by atoms with Gasteiger partial charge in [-0.3, -0.25) is 4.79 Å². The maximum atomic E-state index is 11.5. The Kier molecular flexibility index (Phi) is 2.03. The monoisotopic (exact) mass is 164 g/mol. The highest BCUT2D eigenvalue weighted by atomic mass is 16.1. The summed E-state index contributed by atoms with van der Waals surface area (Å²) in [6.07, 6.45) is 9.01. The molecule has 3 rings (SSSR count). The van der Waals surface area contributed by atoms with Crippen LogP contribution in [0.1, 0.15) is 32.6 Å². The topological polar surface area (TPSA) is 17.1 Å². The third-order valence-corrected chi connectivity index (χ3v) is 3.34. The van der Waals surface area contributed by atoms with Crippen LogP contribution in [-0.4, -0.2) is 5.78 Å². The lowest BCUT2D eigenvalue weighted by atomic mass is 9.67. The zero-order valence-corrected chi connectivity index (χ0v) is 7.62. The SMILES string of the molecule is CCC(=O)[C@@H]1C[C@H]2C=C[C@@H]1CC2. The molecule has 0 unspecified atom stereocenters. The summed E-state index contributed by atoms with van der Waals surface area (Å²) >= 11 is 0. The molecule has 0 spiro atoms. The predicted molar refractivity (Wildman–Crippen MR) is 48.8 cm³/mol. The maximum absolute atomic E-state index is 11.5. The molecule has 0 aliphatic heterocycles. The molecule has 1 saturated carbocycles. The summed E-state index contributed by atoms with van der Waals surface area (Å²) in [5.74, 6) is 2.16. The summed E-state index contributed by atoms with van der Waals surface area (Å²) in [5, 5.41) is 0. The molecule has 0 aromatic rings. The lowest BCUT2D eigenvalue weighted by Crippen LogP contribution is -2.32. The summed E-state index contributed by atoms with van der Waals surface area (Å²) in [4.78, 5) is 11.5. The average molecular weight is 164 g/mol. The van der Waals surface area contributed by atoms with Gasteiger partial charge in [0.05, 0.1) is 0 Å². The molecule has 0 N–H and O–H groups in total. The van der Waals surface area contributed by atoms with E-state index in [-0.39, 0.29) is 0 Å². The van der Waals surface area contributed by atoms with Crippen LogP contribution in [0.5, 0.6) is 0 Å². The first-order chi connectivity index (χ1) is 5.81. The van der Waals surface area contributed by atoms with Crippen LogP contribution in [0.15, 0.2) is 12.2 Å². The number of hydrogen-bond acceptors (Lipinski definition) is 1. The van der Waals surface area contributed by atoms with Crippen molar-refractivity contribution in [2.75, 3.05) is 0 Å². The molecule has 3 aliphatic carbocycles. The van der Waals surface area contributed by atoms with Gasteiger partial charge in [-0.05, 0) is 31.1 Å². The second-order valence-corrected chi connectivity index (χ2v) is 4.05. The van der Waals surface area contributed by atoms with Crippen molar-refractivity contribution in [1.82, 2.24) is 0 Å². The van der Waals surface area contributed by atoms with Crippen LogP contribution >= 0.6 is 0 Å². The molecular weight excluding hydrogens is 148 g/mol. The van der Waals surface area contributed by atoms with E-state index in [2.05, 4.69) is 12.2 Å². The summed E-state index contributed by atoms with van der Waals surface area (Å²) in [7, 11) is 0. The van der Waals surface area contributed by atoms with Gasteiger partial charge in [0.25, 0.3) is 0 Å². The van der Waals surface area contributed by atoms with Gasteiger partial charge >= 0.3 is 0 Å². The smallest absolute Gasteiger partial charge is 0.136 e. The highest BCUT2D eigenvalue weighted by Crippen LogP contribution is 2.40. The molecule has 1 heteroatoms. The van der Waals surface area contributed by atoms with Crippen molar-refractivity contribution in [3.05, 3.63) is 12.2 Å². The first-order valence-corrected chi connectivity index (χ1v) is 5.02. The van der Waals surface area contributed by atoms with Crippen LogP contribution in [-0.2, 0) is 4.79 Å². The van der Waals surface area contributed by atoms with E-state index in [1.807, 2.05) is 6.92 Å². The van der Waals surface area contributed by atoms with Gasteiger partial charge in [-0.2, -0.15) is 0 Å². The van der Waals surface area contributed by atoms with Gasteiger partial charge < -0.3 is 0 Å². The number of carbonyl (C=O) groups is 1. The molecule has 0 aromatic heterocycles. The zero-order valence-electron chi connectivity index (χ0n) is 7.62. The lowest BCUT2D eigenvalue weighted by Gasteiger charge is -2.36. The molecule has 3 atom stereocenters. The minimum atomic E-state index is 0.374. The second kappa shape index (κ2) is 3.04. The minimum Gasteiger partial charge on any atom is -0.299 e. The number of carbonyl (C=O) groups excluding carboxylic acids is 1. The van der Waals surface area contributed by atoms with Gasteiger partial charge in [-0.25, -0.2) is 0 Å². The van der Waals surface area contributed by atoms with Crippen LogP contribution < -0.4 is 0 Å². The molecule has 66 valence electrons. The molecule has 0 radical (unpaired) electrons. The van der Waals surface area contributed by atoms with Gasteiger partial charge in [-0.15, -0.1) is 0 Å². The molecule has 2 bridgehead atoms. The number of rotatable bonds is 2. The third kappa shape index (κ3) is 1.21. The van der Waals surface area contributed by atoms with Crippen LogP contribution in [0.4, 0.5) is 0 Å². The van der Waals surface area contributed by atoms with E-state index < -0.39 is 0 Å². The molecule has 1 nitrogen and oxygen atoms in total. The summed E-state index contributed by atoms with van der Waals surface area (Å²) in [5.41, 5.74) is 0. The van der Waals surface area contributed by atoms with Crippen LogP contribution in [0.25, 0.3) is 0 Å². The van der Waals surface area contributed by atoms with Crippen LogP contribution in [0.3, 0.4) is 0 Å². The lowest BCUT2D eigenvalue weighted by molar-refractivity contribution is -0.125. The number of ketones is 1. The van der Waals surface area contributed by atoms with Gasteiger partial charge in [0.1, 0.15) is 5.78 Å². The number of fused-ring (bicyclic) bond motifs is 2. The van der Waals surface area contributed by atoms with Crippen molar-refractivity contribution in [3.8, 4) is 0 Å². The molecule has 1 fully saturated rings. The Labute approximate surface area is 73.8 Å². The summed E-state index contributed by atoms with van der Waals surface area (Å²) in [6.45, 7) is 1.98. The van der Waals surface area contributed by atoms with E-state index in [1.54, 1.807) is 0 Å². The minimum absolute atomic E-state index is 0.374. The summed E-state index contributed by atoms with van der Waals surface area (Å²) in [6, 6.07) is 0. The third-order valence-electron chi connectivity index (χ3n) is 3.34. The fourth-order valence-electron chi connectivity index (χ4n) is 2.56. The highest BCUT2D eigenvalue weighted by molar-refractivity contribution is 5.81. The Hall–Kier alpha value is -0.590. The zero-order chi connectivity index (χ0) is 8.55. The number of hydrogen-bond donors (Lipinski definition) is 0. The van der Waals surface area contributed by atoms with Crippen molar-refractivity contribution in [2.24, 2.45) is 17.8 Å². The van der Waals surface area contributed by atoms with Crippen LogP contribution in [0, 0.1) is 17.8 Å². The van der Waals surface area contributed by atoms with E-state index in [0.717, 1.165) is 18.8 Å². The molecule has 0 aromatic carbocycles. The van der Waals surface area contributed by atoms with Crippen molar-refractivity contribution in [3.63, 3.8) is 0 Å². The van der Waals surface area contributed by atoms with Crippen molar-refractivity contribution >= 4 is 5.78 Å². The Bertz CT molecular complexity index is 217. The van der Waals surface area contributed by atoms with Crippen molar-refractivity contribution < 1.29 is 4.79 Å². The standard InChI is InChI=1S/C11H16O/c1-2-11(12)10-7-8-3-5-9(10)6-4-8/h3,5,8-10H,2,4,6-7H2,1H3/t8-,9+,10+/m0/s1. The predicted octanol–water partition coefficient (Wildman–Crippen LogP) is 2.57. The van der Waals surface area contributed by atoms with E-state index in [9.17, 15) is 4.79 Å². The van der Waals surface area contributed by atoms with E-state index >= 15 is 0 Å².